The third kappa shape index (κ3) is 19.6. The normalized spacial score (nSPS) is 11.9. The van der Waals surface area contributed by atoms with Crippen molar-refractivity contribution < 1.29 is 18.1 Å². The second-order valence-electron chi connectivity index (χ2n) is 8.65. The fourth-order valence-electron chi connectivity index (χ4n) is 4.00. The van der Waals surface area contributed by atoms with E-state index in [9.17, 15) is 4.79 Å². The van der Waals surface area contributed by atoms with Gasteiger partial charge in [0.25, 0.3) is 0 Å². The lowest BCUT2D eigenvalue weighted by atomic mass is 10.0. The van der Waals surface area contributed by atoms with Gasteiger partial charge < -0.3 is 13.3 Å². The molecular formula is C26H54O4SSi. The fraction of sp³-hybridized carbons (Fsp3) is 0.962. The van der Waals surface area contributed by atoms with Crippen molar-refractivity contribution in [3.8, 4) is 0 Å². The Hall–Kier alpha value is 0.117. The van der Waals surface area contributed by atoms with Gasteiger partial charge in [0.15, 0.2) is 5.12 Å². The molecule has 0 aromatic heterocycles. The summed E-state index contributed by atoms with van der Waals surface area (Å²) >= 11 is 1.42. The monoisotopic (exact) mass is 490 g/mol. The number of hydrogen-bond donors (Lipinski definition) is 0. The quantitative estimate of drug-likeness (QED) is 0.0947. The molecule has 0 fully saturated rings. The van der Waals surface area contributed by atoms with E-state index in [1.54, 1.807) is 0 Å². The van der Waals surface area contributed by atoms with Gasteiger partial charge in [-0.05, 0) is 27.2 Å². The Bertz CT molecular complexity index is 392. The summed E-state index contributed by atoms with van der Waals surface area (Å²) in [5, 5.41) is 0.298. The first kappa shape index (κ1) is 32.1. The number of rotatable bonds is 25. The average molecular weight is 491 g/mol. The zero-order valence-corrected chi connectivity index (χ0v) is 23.7. The third-order valence-electron chi connectivity index (χ3n) is 5.75. The van der Waals surface area contributed by atoms with Crippen molar-refractivity contribution in [2.45, 2.75) is 136 Å². The number of thioether (sulfide) groups is 1. The van der Waals surface area contributed by atoms with E-state index in [0.29, 0.717) is 37.4 Å². The van der Waals surface area contributed by atoms with E-state index < -0.39 is 8.80 Å². The van der Waals surface area contributed by atoms with Crippen molar-refractivity contribution in [1.82, 2.24) is 0 Å². The minimum atomic E-state index is -2.61. The summed E-state index contributed by atoms with van der Waals surface area (Å²) < 4.78 is 17.6. The molecule has 0 amide bonds. The molecule has 0 aromatic rings. The zero-order chi connectivity index (χ0) is 23.8. The summed E-state index contributed by atoms with van der Waals surface area (Å²) in [6.07, 6.45) is 21.0. The summed E-state index contributed by atoms with van der Waals surface area (Å²) in [5.74, 6) is 0.726. The first-order valence-electron chi connectivity index (χ1n) is 13.7. The Morgan fingerprint density at radius 3 is 1.34 bits per heavy atom. The summed E-state index contributed by atoms with van der Waals surface area (Å²) in [4.78, 5) is 12.2. The molecule has 0 aliphatic carbocycles. The molecule has 0 N–H and O–H groups in total. The van der Waals surface area contributed by atoms with Gasteiger partial charge in [0, 0.05) is 38.0 Å². The molecule has 0 aliphatic heterocycles. The van der Waals surface area contributed by atoms with Crippen LogP contribution in [0.3, 0.4) is 0 Å². The van der Waals surface area contributed by atoms with E-state index in [0.717, 1.165) is 12.2 Å². The van der Waals surface area contributed by atoms with Gasteiger partial charge in [-0.15, -0.1) is 0 Å². The van der Waals surface area contributed by atoms with Crippen LogP contribution in [0.1, 0.15) is 130 Å². The number of unbranched alkanes of at least 4 members (excludes halogenated alkanes) is 14. The minimum Gasteiger partial charge on any atom is -0.374 e. The highest BCUT2D eigenvalue weighted by Crippen LogP contribution is 2.21. The fourth-order valence-corrected chi connectivity index (χ4v) is 7.93. The Morgan fingerprint density at radius 2 is 0.969 bits per heavy atom. The maximum absolute atomic E-state index is 12.2. The highest BCUT2D eigenvalue weighted by atomic mass is 32.2. The first-order chi connectivity index (χ1) is 15.6. The van der Waals surface area contributed by atoms with Crippen molar-refractivity contribution in [2.75, 3.05) is 25.6 Å². The maximum Gasteiger partial charge on any atom is 0.501 e. The summed E-state index contributed by atoms with van der Waals surface area (Å²) in [5.41, 5.74) is 0. The van der Waals surface area contributed by atoms with Crippen LogP contribution in [0.25, 0.3) is 0 Å². The predicted octanol–water partition coefficient (Wildman–Crippen LogP) is 8.56. The molecule has 0 atom stereocenters. The molecule has 0 aliphatic rings. The Labute approximate surface area is 205 Å². The van der Waals surface area contributed by atoms with Crippen LogP contribution in [0.15, 0.2) is 0 Å². The highest BCUT2D eigenvalue weighted by molar-refractivity contribution is 8.13. The number of carbonyl (C=O) groups is 1. The van der Waals surface area contributed by atoms with Gasteiger partial charge in [-0.2, -0.15) is 0 Å². The number of hydrogen-bond acceptors (Lipinski definition) is 5. The van der Waals surface area contributed by atoms with E-state index in [2.05, 4.69) is 6.92 Å². The van der Waals surface area contributed by atoms with Crippen LogP contribution in [0.4, 0.5) is 0 Å². The van der Waals surface area contributed by atoms with Crippen LogP contribution < -0.4 is 0 Å². The molecule has 0 bridgehead atoms. The maximum atomic E-state index is 12.2. The predicted molar refractivity (Wildman–Crippen MR) is 142 cm³/mol. The van der Waals surface area contributed by atoms with Crippen LogP contribution in [0, 0.1) is 0 Å². The van der Waals surface area contributed by atoms with Crippen molar-refractivity contribution in [3.63, 3.8) is 0 Å². The average Bonchev–Trinajstić information content (AvgIpc) is 2.77. The smallest absolute Gasteiger partial charge is 0.374 e. The molecule has 192 valence electrons. The van der Waals surface area contributed by atoms with E-state index in [4.69, 9.17) is 13.3 Å². The van der Waals surface area contributed by atoms with Gasteiger partial charge >= 0.3 is 8.80 Å². The minimum absolute atomic E-state index is 0.298. The zero-order valence-electron chi connectivity index (χ0n) is 21.9. The number of carbonyl (C=O) groups excluding carboxylic acids is 1. The second kappa shape index (κ2) is 24.2. The molecule has 0 saturated carbocycles. The largest absolute Gasteiger partial charge is 0.501 e. The van der Waals surface area contributed by atoms with Crippen LogP contribution in [-0.4, -0.2) is 39.5 Å². The molecule has 0 unspecified atom stereocenters. The molecular weight excluding hydrogens is 436 g/mol. The van der Waals surface area contributed by atoms with Crippen LogP contribution in [0.5, 0.6) is 0 Å². The summed E-state index contributed by atoms with van der Waals surface area (Å²) in [6.45, 7) is 9.94. The van der Waals surface area contributed by atoms with Gasteiger partial charge in [0.05, 0.1) is 0 Å². The van der Waals surface area contributed by atoms with Crippen LogP contribution >= 0.6 is 11.8 Å². The first-order valence-corrected chi connectivity index (χ1v) is 16.6. The lowest BCUT2D eigenvalue weighted by molar-refractivity contribution is -0.111. The van der Waals surface area contributed by atoms with Gasteiger partial charge in [-0.25, -0.2) is 0 Å². The van der Waals surface area contributed by atoms with Crippen molar-refractivity contribution in [1.29, 1.82) is 0 Å². The lowest BCUT2D eigenvalue weighted by Crippen LogP contribution is -2.46. The second-order valence-corrected chi connectivity index (χ2v) is 12.5. The Morgan fingerprint density at radius 1 is 0.594 bits per heavy atom. The summed E-state index contributed by atoms with van der Waals surface area (Å²) in [6, 6.07) is 0.706. The van der Waals surface area contributed by atoms with Gasteiger partial charge in [-0.3, -0.25) is 4.79 Å². The Kier molecular flexibility index (Phi) is 24.3. The standard InChI is InChI=1S/C26H54O4SSi/c1-5-9-10-11-12-13-14-15-16-17-18-19-20-21-22-23-26(27)31-24-25-32(28-6-2,29-7-3)30-8-4/h5-25H2,1-4H3. The van der Waals surface area contributed by atoms with Crippen molar-refractivity contribution in [2.24, 2.45) is 0 Å². The summed E-state index contributed by atoms with van der Waals surface area (Å²) in [7, 11) is -2.61. The van der Waals surface area contributed by atoms with Crippen molar-refractivity contribution >= 4 is 25.7 Å². The lowest BCUT2D eigenvalue weighted by Gasteiger charge is -2.28. The molecule has 6 heteroatoms. The molecule has 4 nitrogen and oxygen atoms in total. The Balaban J connectivity index is 3.56. The van der Waals surface area contributed by atoms with Gasteiger partial charge in [0.1, 0.15) is 0 Å². The molecule has 0 rings (SSSR count). The highest BCUT2D eigenvalue weighted by Gasteiger charge is 2.39. The van der Waals surface area contributed by atoms with E-state index in [1.165, 1.54) is 102 Å². The molecule has 32 heavy (non-hydrogen) atoms. The van der Waals surface area contributed by atoms with Gasteiger partial charge in [0.2, 0.25) is 0 Å². The van der Waals surface area contributed by atoms with E-state index in [-0.39, 0.29) is 0 Å². The van der Waals surface area contributed by atoms with E-state index in [1.807, 2.05) is 20.8 Å². The topological polar surface area (TPSA) is 44.8 Å². The molecule has 0 heterocycles. The molecule has 0 radical (unpaired) electrons. The molecule has 0 spiro atoms. The van der Waals surface area contributed by atoms with Crippen LogP contribution in [-0.2, 0) is 18.1 Å². The molecule has 0 saturated heterocycles. The third-order valence-corrected chi connectivity index (χ3v) is 10.1. The van der Waals surface area contributed by atoms with Crippen LogP contribution in [0.2, 0.25) is 6.04 Å². The van der Waals surface area contributed by atoms with Crippen molar-refractivity contribution in [3.05, 3.63) is 0 Å². The molecule has 0 aromatic carbocycles. The van der Waals surface area contributed by atoms with Gasteiger partial charge in [-0.1, -0.05) is 109 Å². The SMILES string of the molecule is CCCCCCCCCCCCCCCCCC(=O)SCC[Si](OCC)(OCC)OCC. The van der Waals surface area contributed by atoms with E-state index >= 15 is 0 Å².